The number of rotatable bonds is 1. The van der Waals surface area contributed by atoms with Crippen molar-refractivity contribution in [1.82, 2.24) is 14.1 Å². The molecular weight excluding hydrogens is 248 g/mol. The third-order valence-corrected chi connectivity index (χ3v) is 4.28. The lowest BCUT2D eigenvalue weighted by Crippen LogP contribution is -2.31. The topological polar surface area (TPSA) is 48.8 Å². The van der Waals surface area contributed by atoms with Gasteiger partial charge in [0.1, 0.15) is 0 Å². The second kappa shape index (κ2) is 4.21. The fraction of sp³-hybridized carbons (Fsp3) is 0.312. The minimum Gasteiger partial charge on any atom is -0.350 e. The van der Waals surface area contributed by atoms with E-state index in [4.69, 9.17) is 5.73 Å². The molecule has 1 unspecified atom stereocenters. The largest absolute Gasteiger partial charge is 0.350 e. The summed E-state index contributed by atoms with van der Waals surface area (Å²) in [6.07, 6.45) is 6.18. The number of aromatic nitrogens is 3. The maximum absolute atomic E-state index is 6.04. The zero-order chi connectivity index (χ0) is 13.7. The molecule has 2 aromatic heterocycles. The van der Waals surface area contributed by atoms with E-state index in [9.17, 15) is 0 Å². The fourth-order valence-corrected chi connectivity index (χ4v) is 3.25. The van der Waals surface area contributed by atoms with Gasteiger partial charge in [-0.3, -0.25) is 0 Å². The van der Waals surface area contributed by atoms with Crippen molar-refractivity contribution in [2.24, 2.45) is 12.8 Å². The first-order chi connectivity index (χ1) is 9.74. The monoisotopic (exact) mass is 266 g/mol. The van der Waals surface area contributed by atoms with Gasteiger partial charge in [0.25, 0.3) is 0 Å². The number of hydrogen-bond donors (Lipinski definition) is 1. The van der Waals surface area contributed by atoms with Gasteiger partial charge in [0.15, 0.2) is 0 Å². The van der Waals surface area contributed by atoms with E-state index in [2.05, 4.69) is 51.6 Å². The number of imidazole rings is 1. The Morgan fingerprint density at radius 1 is 1.30 bits per heavy atom. The molecule has 3 heterocycles. The molecule has 1 aliphatic rings. The first-order valence-electron chi connectivity index (χ1n) is 7.08. The standard InChI is InChI=1S/C16H18N4/c1-19-9-13(12-4-2-3-5-14(12)19)16-15-7-6-11(17)8-20(15)10-18-16/h2-5,9-11H,6-8,17H2,1H3. The number of para-hydroxylation sites is 1. The summed E-state index contributed by atoms with van der Waals surface area (Å²) >= 11 is 0. The molecule has 4 nitrogen and oxygen atoms in total. The predicted octanol–water partition coefficient (Wildman–Crippen LogP) is 2.32. The van der Waals surface area contributed by atoms with Crippen LogP contribution in [-0.2, 0) is 20.0 Å². The van der Waals surface area contributed by atoms with Crippen LogP contribution in [0.3, 0.4) is 0 Å². The van der Waals surface area contributed by atoms with E-state index in [0.717, 1.165) is 25.1 Å². The molecule has 0 saturated carbocycles. The number of nitrogens with two attached hydrogens (primary N) is 1. The molecule has 0 spiro atoms. The highest BCUT2D eigenvalue weighted by molar-refractivity contribution is 5.95. The smallest absolute Gasteiger partial charge is 0.0956 e. The van der Waals surface area contributed by atoms with E-state index in [-0.39, 0.29) is 6.04 Å². The minimum absolute atomic E-state index is 0.261. The number of nitrogens with zero attached hydrogens (tertiary/aromatic N) is 3. The number of hydrogen-bond acceptors (Lipinski definition) is 2. The summed E-state index contributed by atoms with van der Waals surface area (Å²) in [4.78, 5) is 4.66. The Bertz CT molecular complexity index is 781. The molecule has 0 fully saturated rings. The summed E-state index contributed by atoms with van der Waals surface area (Å²) in [7, 11) is 2.09. The van der Waals surface area contributed by atoms with Gasteiger partial charge in [-0.1, -0.05) is 18.2 Å². The van der Waals surface area contributed by atoms with E-state index in [1.807, 2.05) is 6.33 Å². The van der Waals surface area contributed by atoms with Crippen molar-refractivity contribution in [1.29, 1.82) is 0 Å². The van der Waals surface area contributed by atoms with Crippen LogP contribution in [0.25, 0.3) is 22.2 Å². The van der Waals surface area contributed by atoms with Gasteiger partial charge in [-0.05, 0) is 18.9 Å². The Labute approximate surface area is 117 Å². The molecule has 3 aromatic rings. The van der Waals surface area contributed by atoms with E-state index in [1.165, 1.54) is 22.2 Å². The normalized spacial score (nSPS) is 18.4. The Morgan fingerprint density at radius 3 is 3.05 bits per heavy atom. The third kappa shape index (κ3) is 1.61. The predicted molar refractivity (Wildman–Crippen MR) is 80.4 cm³/mol. The summed E-state index contributed by atoms with van der Waals surface area (Å²) in [6, 6.07) is 8.75. The maximum Gasteiger partial charge on any atom is 0.0956 e. The van der Waals surface area contributed by atoms with Crippen LogP contribution in [0.2, 0.25) is 0 Å². The lowest BCUT2D eigenvalue weighted by molar-refractivity contribution is 0.461. The van der Waals surface area contributed by atoms with Gasteiger partial charge in [-0.2, -0.15) is 0 Å². The van der Waals surface area contributed by atoms with Crippen LogP contribution >= 0.6 is 0 Å². The SMILES string of the molecule is Cn1cc(-c2ncn3c2CCC(N)C3)c2ccccc21. The molecule has 0 amide bonds. The molecule has 0 aliphatic carbocycles. The van der Waals surface area contributed by atoms with Crippen LogP contribution in [0.15, 0.2) is 36.8 Å². The highest BCUT2D eigenvalue weighted by Crippen LogP contribution is 2.33. The molecule has 2 N–H and O–H groups in total. The molecule has 0 radical (unpaired) electrons. The zero-order valence-electron chi connectivity index (χ0n) is 11.6. The fourth-order valence-electron chi connectivity index (χ4n) is 3.25. The van der Waals surface area contributed by atoms with E-state index < -0.39 is 0 Å². The highest BCUT2D eigenvalue weighted by Gasteiger charge is 2.21. The summed E-state index contributed by atoms with van der Waals surface area (Å²) in [5.41, 5.74) is 11.0. The van der Waals surface area contributed by atoms with Crippen molar-refractivity contribution >= 4 is 10.9 Å². The van der Waals surface area contributed by atoms with Crippen molar-refractivity contribution in [3.63, 3.8) is 0 Å². The van der Waals surface area contributed by atoms with Crippen LogP contribution in [0.1, 0.15) is 12.1 Å². The van der Waals surface area contributed by atoms with Crippen LogP contribution in [-0.4, -0.2) is 20.2 Å². The molecule has 20 heavy (non-hydrogen) atoms. The number of benzene rings is 1. The summed E-state index contributed by atoms with van der Waals surface area (Å²) in [5, 5.41) is 1.27. The highest BCUT2D eigenvalue weighted by atomic mass is 15.1. The average Bonchev–Trinajstić information content (AvgIpc) is 3.00. The molecule has 4 rings (SSSR count). The molecule has 4 heteroatoms. The summed E-state index contributed by atoms with van der Waals surface area (Å²) < 4.78 is 4.39. The van der Waals surface area contributed by atoms with Crippen molar-refractivity contribution < 1.29 is 0 Å². The third-order valence-electron chi connectivity index (χ3n) is 4.28. The van der Waals surface area contributed by atoms with Gasteiger partial charge in [0.05, 0.1) is 12.0 Å². The van der Waals surface area contributed by atoms with Crippen LogP contribution in [0.4, 0.5) is 0 Å². The summed E-state index contributed by atoms with van der Waals surface area (Å²) in [5.74, 6) is 0. The molecule has 0 saturated heterocycles. The maximum atomic E-state index is 6.04. The van der Waals surface area contributed by atoms with E-state index in [1.54, 1.807) is 0 Å². The number of aryl methyl sites for hydroxylation is 1. The minimum atomic E-state index is 0.261. The molecule has 1 atom stereocenters. The molecule has 0 bridgehead atoms. The van der Waals surface area contributed by atoms with Gasteiger partial charge in [-0.25, -0.2) is 4.98 Å². The van der Waals surface area contributed by atoms with Crippen LogP contribution < -0.4 is 5.73 Å². The Morgan fingerprint density at radius 2 is 2.15 bits per heavy atom. The lowest BCUT2D eigenvalue weighted by atomic mass is 10.0. The zero-order valence-corrected chi connectivity index (χ0v) is 11.6. The Balaban J connectivity index is 1.92. The Kier molecular flexibility index (Phi) is 2.47. The van der Waals surface area contributed by atoms with Gasteiger partial charge in [0, 0.05) is 48.0 Å². The number of fused-ring (bicyclic) bond motifs is 2. The second-order valence-electron chi connectivity index (χ2n) is 5.66. The van der Waals surface area contributed by atoms with Gasteiger partial charge in [0.2, 0.25) is 0 Å². The summed E-state index contributed by atoms with van der Waals surface area (Å²) in [6.45, 7) is 0.882. The van der Waals surface area contributed by atoms with Gasteiger partial charge >= 0.3 is 0 Å². The molecule has 1 aliphatic heterocycles. The molecular formula is C16H18N4. The second-order valence-corrected chi connectivity index (χ2v) is 5.66. The quantitative estimate of drug-likeness (QED) is 0.735. The lowest BCUT2D eigenvalue weighted by Gasteiger charge is -2.21. The first-order valence-corrected chi connectivity index (χ1v) is 7.08. The van der Waals surface area contributed by atoms with Crippen LogP contribution in [0.5, 0.6) is 0 Å². The van der Waals surface area contributed by atoms with Gasteiger partial charge in [-0.15, -0.1) is 0 Å². The van der Waals surface area contributed by atoms with Crippen molar-refractivity contribution in [2.45, 2.75) is 25.4 Å². The Hall–Kier alpha value is -2.07. The van der Waals surface area contributed by atoms with Crippen molar-refractivity contribution in [3.05, 3.63) is 42.5 Å². The first kappa shape index (κ1) is 11.7. The van der Waals surface area contributed by atoms with E-state index in [0.29, 0.717) is 0 Å². The molecule has 1 aromatic carbocycles. The van der Waals surface area contributed by atoms with Crippen LogP contribution in [0, 0.1) is 0 Å². The van der Waals surface area contributed by atoms with E-state index >= 15 is 0 Å². The van der Waals surface area contributed by atoms with Crippen molar-refractivity contribution in [3.8, 4) is 11.3 Å². The van der Waals surface area contributed by atoms with Crippen molar-refractivity contribution in [2.75, 3.05) is 0 Å². The van der Waals surface area contributed by atoms with Gasteiger partial charge < -0.3 is 14.9 Å². The average molecular weight is 266 g/mol. The molecule has 102 valence electrons.